The second-order valence-electron chi connectivity index (χ2n) is 8.04. The van der Waals surface area contributed by atoms with Crippen molar-refractivity contribution in [3.05, 3.63) is 35.9 Å². The van der Waals surface area contributed by atoms with Crippen molar-refractivity contribution in [2.24, 2.45) is 0 Å². The minimum atomic E-state index is -0.340. The third-order valence-corrected chi connectivity index (χ3v) is 5.10. The summed E-state index contributed by atoms with van der Waals surface area (Å²) in [4.78, 5) is 11.7. The van der Waals surface area contributed by atoms with Crippen molar-refractivity contribution in [1.29, 1.82) is 0 Å². The SMILES string of the molecule is CCCCCCCCCCOCCOCCOCCOCCOCCOC(=O)c1ccccc1. The maximum atomic E-state index is 11.7. The lowest BCUT2D eigenvalue weighted by molar-refractivity contribution is -0.0153. The first-order chi connectivity index (χ1) is 16.8. The van der Waals surface area contributed by atoms with Crippen LogP contribution in [0.4, 0.5) is 0 Å². The lowest BCUT2D eigenvalue weighted by Crippen LogP contribution is -2.15. The average molecular weight is 483 g/mol. The maximum Gasteiger partial charge on any atom is 0.338 e. The molecule has 1 rings (SSSR count). The van der Waals surface area contributed by atoms with E-state index in [1.807, 2.05) is 6.07 Å². The van der Waals surface area contributed by atoms with Crippen LogP contribution >= 0.6 is 0 Å². The zero-order chi connectivity index (χ0) is 24.4. The molecule has 0 N–H and O–H groups in total. The highest BCUT2D eigenvalue weighted by atomic mass is 16.6. The van der Waals surface area contributed by atoms with Gasteiger partial charge in [0.25, 0.3) is 0 Å². The van der Waals surface area contributed by atoms with Gasteiger partial charge >= 0.3 is 5.97 Å². The van der Waals surface area contributed by atoms with Gasteiger partial charge in [0.15, 0.2) is 0 Å². The Kier molecular flexibility index (Phi) is 22.1. The van der Waals surface area contributed by atoms with Crippen LogP contribution in [0.2, 0.25) is 0 Å². The molecule has 0 unspecified atom stereocenters. The van der Waals surface area contributed by atoms with Crippen molar-refractivity contribution >= 4 is 5.97 Å². The highest BCUT2D eigenvalue weighted by molar-refractivity contribution is 5.89. The van der Waals surface area contributed by atoms with Crippen LogP contribution < -0.4 is 0 Å². The molecule has 0 fully saturated rings. The third-order valence-electron chi connectivity index (χ3n) is 5.10. The first-order valence-corrected chi connectivity index (χ1v) is 13.0. The van der Waals surface area contributed by atoms with Gasteiger partial charge in [-0.1, -0.05) is 70.1 Å². The Bertz CT molecular complexity index is 553. The molecular formula is C27H46O7. The molecule has 1 aromatic carbocycles. The van der Waals surface area contributed by atoms with Crippen molar-refractivity contribution in [2.45, 2.75) is 58.3 Å². The molecule has 0 amide bonds. The second-order valence-corrected chi connectivity index (χ2v) is 8.04. The molecule has 0 bridgehead atoms. The molecule has 0 aliphatic heterocycles. The van der Waals surface area contributed by atoms with Crippen LogP contribution in [0.3, 0.4) is 0 Å². The zero-order valence-electron chi connectivity index (χ0n) is 21.2. The predicted molar refractivity (Wildman–Crippen MR) is 133 cm³/mol. The lowest BCUT2D eigenvalue weighted by Gasteiger charge is -2.08. The first kappa shape index (κ1) is 30.5. The van der Waals surface area contributed by atoms with Gasteiger partial charge < -0.3 is 28.4 Å². The Morgan fingerprint density at radius 3 is 1.44 bits per heavy atom. The fraction of sp³-hybridized carbons (Fsp3) is 0.741. The van der Waals surface area contributed by atoms with Gasteiger partial charge in [0.1, 0.15) is 6.61 Å². The average Bonchev–Trinajstić information content (AvgIpc) is 2.87. The number of hydrogen-bond acceptors (Lipinski definition) is 7. The van der Waals surface area contributed by atoms with Crippen LogP contribution in [0.1, 0.15) is 68.6 Å². The topological polar surface area (TPSA) is 72.5 Å². The van der Waals surface area contributed by atoms with Crippen LogP contribution in [0, 0.1) is 0 Å². The van der Waals surface area contributed by atoms with Crippen LogP contribution in [0.25, 0.3) is 0 Å². The van der Waals surface area contributed by atoms with E-state index in [4.69, 9.17) is 28.4 Å². The molecule has 0 aromatic heterocycles. The van der Waals surface area contributed by atoms with Crippen LogP contribution in [-0.4, -0.2) is 78.6 Å². The number of hydrogen-bond donors (Lipinski definition) is 0. The number of carbonyl (C=O) groups excluding carboxylic acids is 1. The van der Waals surface area contributed by atoms with Gasteiger partial charge in [-0.2, -0.15) is 0 Å². The summed E-state index contributed by atoms with van der Waals surface area (Å²) in [6.45, 7) is 7.96. The molecule has 34 heavy (non-hydrogen) atoms. The molecule has 0 aliphatic carbocycles. The number of esters is 1. The molecule has 7 nitrogen and oxygen atoms in total. The number of carbonyl (C=O) groups is 1. The van der Waals surface area contributed by atoms with Gasteiger partial charge in [-0.25, -0.2) is 4.79 Å². The number of rotatable bonds is 25. The molecule has 0 radical (unpaired) electrons. The van der Waals surface area contributed by atoms with E-state index in [1.54, 1.807) is 24.3 Å². The Morgan fingerprint density at radius 1 is 0.529 bits per heavy atom. The van der Waals surface area contributed by atoms with E-state index in [9.17, 15) is 4.79 Å². The molecule has 0 saturated carbocycles. The Morgan fingerprint density at radius 2 is 0.941 bits per heavy atom. The molecule has 196 valence electrons. The fourth-order valence-corrected chi connectivity index (χ4v) is 3.17. The van der Waals surface area contributed by atoms with Crippen molar-refractivity contribution in [3.8, 4) is 0 Å². The van der Waals surface area contributed by atoms with E-state index in [2.05, 4.69) is 6.92 Å². The van der Waals surface area contributed by atoms with Crippen LogP contribution in [0.5, 0.6) is 0 Å². The summed E-state index contributed by atoms with van der Waals surface area (Å²) in [5.41, 5.74) is 0.540. The van der Waals surface area contributed by atoms with E-state index in [0.29, 0.717) is 65.0 Å². The smallest absolute Gasteiger partial charge is 0.338 e. The van der Waals surface area contributed by atoms with Gasteiger partial charge in [-0.3, -0.25) is 0 Å². The molecule has 0 saturated heterocycles. The van der Waals surface area contributed by atoms with Crippen LogP contribution in [-0.2, 0) is 28.4 Å². The molecule has 7 heteroatoms. The van der Waals surface area contributed by atoms with Gasteiger partial charge in [0.2, 0.25) is 0 Å². The largest absolute Gasteiger partial charge is 0.460 e. The minimum absolute atomic E-state index is 0.223. The van der Waals surface area contributed by atoms with E-state index in [-0.39, 0.29) is 12.6 Å². The summed E-state index contributed by atoms with van der Waals surface area (Å²) in [7, 11) is 0. The minimum Gasteiger partial charge on any atom is -0.460 e. The third kappa shape index (κ3) is 19.9. The second kappa shape index (κ2) is 24.6. The van der Waals surface area contributed by atoms with Crippen molar-refractivity contribution in [1.82, 2.24) is 0 Å². The van der Waals surface area contributed by atoms with Gasteiger partial charge in [-0.05, 0) is 18.6 Å². The normalized spacial score (nSPS) is 11.1. The number of unbranched alkanes of at least 4 members (excludes halogenated alkanes) is 7. The fourth-order valence-electron chi connectivity index (χ4n) is 3.17. The molecule has 0 spiro atoms. The highest BCUT2D eigenvalue weighted by Gasteiger charge is 2.05. The number of benzene rings is 1. The summed E-state index contributed by atoms with van der Waals surface area (Å²) in [5.74, 6) is -0.340. The van der Waals surface area contributed by atoms with E-state index < -0.39 is 0 Å². The summed E-state index contributed by atoms with van der Waals surface area (Å²) in [5, 5.41) is 0. The first-order valence-electron chi connectivity index (χ1n) is 13.0. The molecular weight excluding hydrogens is 436 g/mol. The lowest BCUT2D eigenvalue weighted by atomic mass is 10.1. The van der Waals surface area contributed by atoms with Crippen molar-refractivity contribution < 1.29 is 33.2 Å². The van der Waals surface area contributed by atoms with E-state index >= 15 is 0 Å². The van der Waals surface area contributed by atoms with E-state index in [0.717, 1.165) is 13.0 Å². The molecule has 0 heterocycles. The Balaban J connectivity index is 1.68. The summed E-state index contributed by atoms with van der Waals surface area (Å²) in [6, 6.07) is 8.90. The molecule has 1 aromatic rings. The standard InChI is InChI=1S/C27H46O7/c1-2-3-4-5-6-7-8-12-15-29-16-17-30-18-19-31-20-21-32-22-23-33-24-25-34-27(28)26-13-10-9-11-14-26/h9-11,13-14H,2-8,12,15-25H2,1H3. The maximum absolute atomic E-state index is 11.7. The summed E-state index contributed by atoms with van der Waals surface area (Å²) < 4.78 is 32.5. The van der Waals surface area contributed by atoms with E-state index in [1.165, 1.54) is 44.9 Å². The van der Waals surface area contributed by atoms with Gasteiger partial charge in [-0.15, -0.1) is 0 Å². The van der Waals surface area contributed by atoms with Crippen molar-refractivity contribution in [2.75, 3.05) is 72.7 Å². The molecule has 0 aliphatic rings. The quantitative estimate of drug-likeness (QED) is 0.142. The van der Waals surface area contributed by atoms with Gasteiger partial charge in [0.05, 0.1) is 65.0 Å². The highest BCUT2D eigenvalue weighted by Crippen LogP contribution is 2.08. The van der Waals surface area contributed by atoms with Crippen molar-refractivity contribution in [3.63, 3.8) is 0 Å². The Hall–Kier alpha value is -1.51. The summed E-state index contributed by atoms with van der Waals surface area (Å²) in [6.07, 6.45) is 10.5. The monoisotopic (exact) mass is 482 g/mol. The number of ether oxygens (including phenoxy) is 6. The summed E-state index contributed by atoms with van der Waals surface area (Å²) >= 11 is 0. The van der Waals surface area contributed by atoms with Gasteiger partial charge in [0, 0.05) is 6.61 Å². The van der Waals surface area contributed by atoms with Crippen LogP contribution in [0.15, 0.2) is 30.3 Å². The Labute approximate surface area is 206 Å². The predicted octanol–water partition coefficient (Wildman–Crippen LogP) is 5.07. The molecule has 0 atom stereocenters. The zero-order valence-corrected chi connectivity index (χ0v) is 21.2.